The molecule has 3 amide bonds. The number of aliphatic hydroxyl groups is 1. The molecule has 0 saturated carbocycles. The smallest absolute Gasteiger partial charge is 0.318 e. The van der Waals surface area contributed by atoms with Gasteiger partial charge in [-0.05, 0) is 25.5 Å². The molecule has 0 aliphatic rings. The van der Waals surface area contributed by atoms with Gasteiger partial charge >= 0.3 is 6.03 Å². The molecule has 1 aromatic rings. The largest absolute Gasteiger partial charge is 0.493 e. The van der Waals surface area contributed by atoms with E-state index in [1.807, 2.05) is 12.2 Å². The number of imide groups is 1. The summed E-state index contributed by atoms with van der Waals surface area (Å²) in [5.74, 6) is 0.232. The van der Waals surface area contributed by atoms with Crippen molar-refractivity contribution in [3.05, 3.63) is 23.8 Å². The normalized spacial score (nSPS) is 11.6. The van der Waals surface area contributed by atoms with Crippen LogP contribution in [0.15, 0.2) is 18.2 Å². The van der Waals surface area contributed by atoms with Crippen molar-refractivity contribution in [3.63, 3.8) is 0 Å². The monoisotopic (exact) mass is 296 g/mol. The zero-order valence-corrected chi connectivity index (χ0v) is 12.1. The lowest BCUT2D eigenvalue weighted by Crippen LogP contribution is -2.42. The number of benzene rings is 1. The van der Waals surface area contributed by atoms with Crippen LogP contribution in [0.25, 0.3) is 0 Å². The maximum atomic E-state index is 11.6. The average Bonchev–Trinajstić information content (AvgIpc) is 2.44. The first kappa shape index (κ1) is 16.8. The van der Waals surface area contributed by atoms with Crippen LogP contribution in [0.5, 0.6) is 11.5 Å². The van der Waals surface area contributed by atoms with E-state index in [0.29, 0.717) is 23.7 Å². The van der Waals surface area contributed by atoms with Crippen molar-refractivity contribution in [2.24, 2.45) is 5.73 Å². The third kappa shape index (κ3) is 5.31. The fraction of sp³-hybridized carbons (Fsp3) is 0.429. The van der Waals surface area contributed by atoms with Gasteiger partial charge in [0.25, 0.3) is 5.91 Å². The minimum atomic E-state index is -0.946. The molecule has 1 atom stereocenters. The number of hydrogen-bond acceptors (Lipinski definition) is 5. The van der Waals surface area contributed by atoms with Gasteiger partial charge in [0.1, 0.15) is 11.5 Å². The summed E-state index contributed by atoms with van der Waals surface area (Å²) >= 11 is 0. The van der Waals surface area contributed by atoms with Crippen LogP contribution < -0.4 is 20.5 Å². The molecule has 0 saturated heterocycles. The number of amides is 3. The van der Waals surface area contributed by atoms with Gasteiger partial charge in [-0.2, -0.15) is 0 Å². The summed E-state index contributed by atoms with van der Waals surface area (Å²) < 4.78 is 10.9. The minimum absolute atomic E-state index is 0.243. The van der Waals surface area contributed by atoms with Gasteiger partial charge in [-0.1, -0.05) is 6.92 Å². The molecule has 7 heteroatoms. The van der Waals surface area contributed by atoms with Crippen LogP contribution in [0.1, 0.15) is 25.8 Å². The maximum absolute atomic E-state index is 11.6. The molecular weight excluding hydrogens is 276 g/mol. The van der Waals surface area contributed by atoms with Crippen LogP contribution in [0, 0.1) is 0 Å². The van der Waals surface area contributed by atoms with Crippen LogP contribution in [0.2, 0.25) is 0 Å². The van der Waals surface area contributed by atoms with E-state index in [9.17, 15) is 14.7 Å². The van der Waals surface area contributed by atoms with Crippen LogP contribution in [-0.2, 0) is 11.4 Å². The molecule has 0 spiro atoms. The SMILES string of the molecule is CCCOc1ccc(CO)c(OC(C)C(=O)NC(N)=O)c1. The molecular formula is C14H20N2O5. The van der Waals surface area contributed by atoms with Crippen molar-refractivity contribution >= 4 is 11.9 Å². The summed E-state index contributed by atoms with van der Waals surface area (Å²) in [6, 6.07) is 4.01. The molecule has 4 N–H and O–H groups in total. The van der Waals surface area contributed by atoms with Crippen LogP contribution in [0.3, 0.4) is 0 Å². The molecule has 0 aromatic heterocycles. The summed E-state index contributed by atoms with van der Waals surface area (Å²) in [6.07, 6.45) is -0.0840. The Morgan fingerprint density at radius 3 is 2.71 bits per heavy atom. The fourth-order valence-electron chi connectivity index (χ4n) is 1.55. The Morgan fingerprint density at radius 2 is 2.14 bits per heavy atom. The van der Waals surface area contributed by atoms with Gasteiger partial charge in [0, 0.05) is 11.6 Å². The first-order valence-corrected chi connectivity index (χ1v) is 6.61. The van der Waals surface area contributed by atoms with E-state index in [2.05, 4.69) is 0 Å². The molecule has 1 rings (SSSR count). The minimum Gasteiger partial charge on any atom is -0.493 e. The summed E-state index contributed by atoms with van der Waals surface area (Å²) in [5.41, 5.74) is 5.38. The number of urea groups is 1. The predicted molar refractivity (Wildman–Crippen MR) is 76.0 cm³/mol. The van der Waals surface area contributed by atoms with Gasteiger partial charge < -0.3 is 20.3 Å². The van der Waals surface area contributed by atoms with Crippen molar-refractivity contribution in [1.29, 1.82) is 0 Å². The second kappa shape index (κ2) is 8.11. The number of ether oxygens (including phenoxy) is 2. The quantitative estimate of drug-likeness (QED) is 0.693. The van der Waals surface area contributed by atoms with Crippen molar-refractivity contribution < 1.29 is 24.2 Å². The number of nitrogens with two attached hydrogens (primary N) is 1. The van der Waals surface area contributed by atoms with Gasteiger partial charge in [-0.15, -0.1) is 0 Å². The molecule has 21 heavy (non-hydrogen) atoms. The van der Waals surface area contributed by atoms with Crippen molar-refractivity contribution in [2.75, 3.05) is 6.61 Å². The van der Waals surface area contributed by atoms with Gasteiger partial charge in [0.15, 0.2) is 6.10 Å². The molecule has 1 aromatic carbocycles. The standard InChI is InChI=1S/C14H20N2O5/c1-3-6-20-11-5-4-10(8-17)12(7-11)21-9(2)13(18)16-14(15)19/h4-5,7,9,17H,3,6,8H2,1-2H3,(H3,15,16,18,19). The van der Waals surface area contributed by atoms with Crippen LogP contribution in [0.4, 0.5) is 4.79 Å². The molecule has 0 aliphatic carbocycles. The topological polar surface area (TPSA) is 111 Å². The Balaban J connectivity index is 2.83. The molecule has 0 radical (unpaired) electrons. The highest BCUT2D eigenvalue weighted by Crippen LogP contribution is 2.26. The Morgan fingerprint density at radius 1 is 1.43 bits per heavy atom. The molecule has 0 bridgehead atoms. The van der Waals surface area contributed by atoms with Gasteiger partial charge in [0.05, 0.1) is 13.2 Å². The molecule has 0 aliphatic heterocycles. The summed E-state index contributed by atoms with van der Waals surface area (Å²) in [5, 5.41) is 11.2. The fourth-order valence-corrected chi connectivity index (χ4v) is 1.55. The number of carbonyl (C=O) groups is 2. The summed E-state index contributed by atoms with van der Waals surface area (Å²) in [4.78, 5) is 22.2. The van der Waals surface area contributed by atoms with E-state index in [4.69, 9.17) is 15.2 Å². The predicted octanol–water partition coefficient (Wildman–Crippen LogP) is 0.930. The first-order chi connectivity index (χ1) is 9.97. The molecule has 0 fully saturated rings. The number of primary amides is 1. The second-order valence-electron chi connectivity index (χ2n) is 4.39. The number of aliphatic hydroxyl groups excluding tert-OH is 1. The highest BCUT2D eigenvalue weighted by molar-refractivity contribution is 5.95. The zero-order chi connectivity index (χ0) is 15.8. The Hall–Kier alpha value is -2.28. The lowest BCUT2D eigenvalue weighted by molar-refractivity contribution is -0.126. The van der Waals surface area contributed by atoms with Crippen LogP contribution in [-0.4, -0.2) is 29.8 Å². The zero-order valence-electron chi connectivity index (χ0n) is 12.1. The summed E-state index contributed by atoms with van der Waals surface area (Å²) in [7, 11) is 0. The second-order valence-corrected chi connectivity index (χ2v) is 4.39. The van der Waals surface area contributed by atoms with Gasteiger partial charge in [-0.25, -0.2) is 4.79 Å². The number of nitrogens with one attached hydrogen (secondary N) is 1. The van der Waals surface area contributed by atoms with E-state index in [0.717, 1.165) is 6.42 Å². The highest BCUT2D eigenvalue weighted by atomic mass is 16.5. The Kier molecular flexibility index (Phi) is 6.48. The third-order valence-electron chi connectivity index (χ3n) is 2.60. The lowest BCUT2D eigenvalue weighted by atomic mass is 10.2. The molecule has 7 nitrogen and oxygen atoms in total. The number of carbonyl (C=O) groups excluding carboxylic acids is 2. The average molecular weight is 296 g/mol. The summed E-state index contributed by atoms with van der Waals surface area (Å²) in [6.45, 7) is 3.76. The Bertz CT molecular complexity index is 504. The Labute approximate surface area is 123 Å². The van der Waals surface area contributed by atoms with Gasteiger partial charge in [0.2, 0.25) is 0 Å². The first-order valence-electron chi connectivity index (χ1n) is 6.61. The van der Waals surface area contributed by atoms with E-state index in [1.54, 1.807) is 18.2 Å². The van der Waals surface area contributed by atoms with Crippen molar-refractivity contribution in [3.8, 4) is 11.5 Å². The van der Waals surface area contributed by atoms with Crippen LogP contribution >= 0.6 is 0 Å². The van der Waals surface area contributed by atoms with E-state index in [1.165, 1.54) is 6.92 Å². The molecule has 0 heterocycles. The highest BCUT2D eigenvalue weighted by Gasteiger charge is 2.18. The maximum Gasteiger partial charge on any atom is 0.318 e. The number of rotatable bonds is 7. The third-order valence-corrected chi connectivity index (χ3v) is 2.60. The number of hydrogen-bond donors (Lipinski definition) is 3. The van der Waals surface area contributed by atoms with E-state index >= 15 is 0 Å². The van der Waals surface area contributed by atoms with Crippen molar-refractivity contribution in [1.82, 2.24) is 5.32 Å². The molecule has 1 unspecified atom stereocenters. The lowest BCUT2D eigenvalue weighted by Gasteiger charge is -2.17. The van der Waals surface area contributed by atoms with E-state index < -0.39 is 18.0 Å². The van der Waals surface area contributed by atoms with Crippen molar-refractivity contribution in [2.45, 2.75) is 33.0 Å². The molecule has 116 valence electrons. The van der Waals surface area contributed by atoms with Gasteiger partial charge in [-0.3, -0.25) is 10.1 Å². The van der Waals surface area contributed by atoms with E-state index in [-0.39, 0.29) is 6.61 Å².